The molecule has 0 amide bonds. The number of rotatable bonds is 10. The van der Waals surface area contributed by atoms with Crippen molar-refractivity contribution in [2.24, 2.45) is 11.1 Å². The molecule has 3 N–H and O–H groups in total. The first-order chi connectivity index (χ1) is 7.83. The maximum Gasteiger partial charge on any atom is 0.000770 e. The van der Waals surface area contributed by atoms with Crippen molar-refractivity contribution in [1.29, 1.82) is 0 Å². The number of nitrogens with two attached hydrogens (primary N) is 1. The second kappa shape index (κ2) is 8.08. The molecule has 0 saturated heterocycles. The highest BCUT2D eigenvalue weighted by atomic mass is 14.9. The average Bonchev–Trinajstić information content (AvgIpc) is 2.25. The quantitative estimate of drug-likeness (QED) is 0.562. The van der Waals surface area contributed by atoms with Crippen molar-refractivity contribution >= 4 is 0 Å². The van der Waals surface area contributed by atoms with Gasteiger partial charge in [0.25, 0.3) is 0 Å². The van der Waals surface area contributed by atoms with Gasteiger partial charge in [0.2, 0.25) is 0 Å². The van der Waals surface area contributed by atoms with E-state index >= 15 is 0 Å². The minimum Gasteiger partial charge on any atom is -0.330 e. The van der Waals surface area contributed by atoms with Crippen molar-refractivity contribution in [3.63, 3.8) is 0 Å². The summed E-state index contributed by atoms with van der Waals surface area (Å²) in [5.41, 5.74) is 6.14. The van der Waals surface area contributed by atoms with Gasteiger partial charge in [-0.25, -0.2) is 0 Å². The van der Waals surface area contributed by atoms with Gasteiger partial charge in [0, 0.05) is 6.54 Å². The van der Waals surface area contributed by atoms with Gasteiger partial charge in [0.1, 0.15) is 0 Å². The van der Waals surface area contributed by atoms with Crippen LogP contribution in [-0.4, -0.2) is 19.6 Å². The number of hydrogen-bond acceptors (Lipinski definition) is 2. The second-order valence-corrected chi connectivity index (χ2v) is 5.44. The lowest BCUT2D eigenvalue weighted by Crippen LogP contribution is -2.39. The maximum absolute atomic E-state index is 5.46. The predicted octanol–water partition coefficient (Wildman–Crippen LogP) is 3.07. The lowest BCUT2D eigenvalue weighted by molar-refractivity contribution is 0.124. The molecule has 1 rings (SSSR count). The summed E-state index contributed by atoms with van der Waals surface area (Å²) in [6, 6.07) is 0. The molecule has 0 unspecified atom stereocenters. The number of unbranched alkanes of at least 4 members (excludes halogenated alkanes) is 4. The first-order valence-electron chi connectivity index (χ1n) is 7.24. The van der Waals surface area contributed by atoms with Gasteiger partial charge in [-0.1, -0.05) is 32.6 Å². The molecule has 1 aliphatic rings. The van der Waals surface area contributed by atoms with Crippen LogP contribution in [0.3, 0.4) is 0 Å². The lowest BCUT2D eigenvalue weighted by Gasteiger charge is -2.41. The highest BCUT2D eigenvalue weighted by Gasteiger charge is 2.34. The van der Waals surface area contributed by atoms with E-state index in [4.69, 9.17) is 5.73 Å². The van der Waals surface area contributed by atoms with Gasteiger partial charge in [-0.05, 0) is 50.6 Å². The molecule has 96 valence electrons. The van der Waals surface area contributed by atoms with Crippen LogP contribution in [0.1, 0.15) is 64.7 Å². The summed E-state index contributed by atoms with van der Waals surface area (Å²) < 4.78 is 0. The molecular formula is C14H30N2. The topological polar surface area (TPSA) is 38.0 Å². The minimum atomic E-state index is 0.680. The Balaban J connectivity index is 1.84. The third kappa shape index (κ3) is 4.84. The van der Waals surface area contributed by atoms with Crippen molar-refractivity contribution in [3.8, 4) is 0 Å². The maximum atomic E-state index is 5.46. The summed E-state index contributed by atoms with van der Waals surface area (Å²) in [4.78, 5) is 0. The van der Waals surface area contributed by atoms with Gasteiger partial charge in [-0.3, -0.25) is 0 Å². The molecule has 0 heterocycles. The average molecular weight is 226 g/mol. The Morgan fingerprint density at radius 3 is 2.31 bits per heavy atom. The molecule has 0 aromatic rings. The van der Waals surface area contributed by atoms with Gasteiger partial charge in [0.15, 0.2) is 0 Å². The highest BCUT2D eigenvalue weighted by Crippen LogP contribution is 2.42. The Labute approximate surface area is 101 Å². The van der Waals surface area contributed by atoms with Crippen LogP contribution >= 0.6 is 0 Å². The summed E-state index contributed by atoms with van der Waals surface area (Å²) in [6.07, 6.45) is 12.3. The smallest absolute Gasteiger partial charge is 0.000770 e. The van der Waals surface area contributed by atoms with Gasteiger partial charge in [0.05, 0.1) is 0 Å². The van der Waals surface area contributed by atoms with Crippen LogP contribution in [0.4, 0.5) is 0 Å². The summed E-state index contributed by atoms with van der Waals surface area (Å²) in [6.45, 7) is 5.67. The van der Waals surface area contributed by atoms with Crippen LogP contribution in [0, 0.1) is 5.41 Å². The summed E-state index contributed by atoms with van der Waals surface area (Å²) in [7, 11) is 0. The molecule has 2 heteroatoms. The van der Waals surface area contributed by atoms with Crippen LogP contribution < -0.4 is 11.1 Å². The normalized spacial score (nSPS) is 18.4. The first kappa shape index (κ1) is 14.0. The van der Waals surface area contributed by atoms with E-state index in [9.17, 15) is 0 Å². The minimum absolute atomic E-state index is 0.680. The Kier molecular flexibility index (Phi) is 7.06. The molecule has 0 atom stereocenters. The van der Waals surface area contributed by atoms with Crippen LogP contribution in [0.5, 0.6) is 0 Å². The molecule has 1 saturated carbocycles. The van der Waals surface area contributed by atoms with Crippen molar-refractivity contribution in [3.05, 3.63) is 0 Å². The van der Waals surface area contributed by atoms with E-state index in [0.29, 0.717) is 5.41 Å². The van der Waals surface area contributed by atoms with Gasteiger partial charge >= 0.3 is 0 Å². The largest absolute Gasteiger partial charge is 0.330 e. The highest BCUT2D eigenvalue weighted by molar-refractivity contribution is 4.88. The fourth-order valence-electron chi connectivity index (χ4n) is 2.61. The molecule has 0 bridgehead atoms. The molecule has 0 aliphatic heterocycles. The molecule has 0 aromatic heterocycles. The van der Waals surface area contributed by atoms with E-state index in [1.54, 1.807) is 0 Å². The third-order valence-corrected chi connectivity index (χ3v) is 4.22. The van der Waals surface area contributed by atoms with Gasteiger partial charge < -0.3 is 11.1 Å². The van der Waals surface area contributed by atoms with Crippen molar-refractivity contribution in [1.82, 2.24) is 5.32 Å². The van der Waals surface area contributed by atoms with E-state index in [2.05, 4.69) is 12.2 Å². The summed E-state index contributed by atoms with van der Waals surface area (Å²) in [5.74, 6) is 0. The van der Waals surface area contributed by atoms with Gasteiger partial charge in [-0.15, -0.1) is 0 Å². The van der Waals surface area contributed by atoms with Crippen molar-refractivity contribution in [2.75, 3.05) is 19.6 Å². The Morgan fingerprint density at radius 1 is 1.06 bits per heavy atom. The number of hydrogen-bond donors (Lipinski definition) is 2. The molecule has 0 aromatic carbocycles. The Bertz CT molecular complexity index is 159. The third-order valence-electron chi connectivity index (χ3n) is 4.22. The van der Waals surface area contributed by atoms with E-state index in [1.807, 2.05) is 0 Å². The molecule has 0 spiro atoms. The van der Waals surface area contributed by atoms with Crippen LogP contribution in [0.15, 0.2) is 0 Å². The van der Waals surface area contributed by atoms with Gasteiger partial charge in [-0.2, -0.15) is 0 Å². The monoisotopic (exact) mass is 226 g/mol. The van der Waals surface area contributed by atoms with Crippen LogP contribution in [0.25, 0.3) is 0 Å². The lowest BCUT2D eigenvalue weighted by atomic mass is 9.67. The van der Waals surface area contributed by atoms with Crippen molar-refractivity contribution < 1.29 is 0 Å². The summed E-state index contributed by atoms with van der Waals surface area (Å²) >= 11 is 0. The fourth-order valence-corrected chi connectivity index (χ4v) is 2.61. The first-order valence-corrected chi connectivity index (χ1v) is 7.24. The second-order valence-electron chi connectivity index (χ2n) is 5.44. The van der Waals surface area contributed by atoms with Crippen LogP contribution in [0.2, 0.25) is 0 Å². The fraction of sp³-hybridized carbons (Fsp3) is 1.00. The zero-order valence-electron chi connectivity index (χ0n) is 11.1. The van der Waals surface area contributed by atoms with Crippen molar-refractivity contribution in [2.45, 2.75) is 64.7 Å². The van der Waals surface area contributed by atoms with E-state index < -0.39 is 0 Å². The Hall–Kier alpha value is -0.0800. The van der Waals surface area contributed by atoms with Crippen LogP contribution in [-0.2, 0) is 0 Å². The molecular weight excluding hydrogens is 196 g/mol. The Morgan fingerprint density at radius 2 is 1.75 bits per heavy atom. The molecule has 1 fully saturated rings. The van der Waals surface area contributed by atoms with E-state index in [1.165, 1.54) is 70.9 Å². The number of nitrogens with one attached hydrogen (secondary N) is 1. The standard InChI is InChI=1S/C14H30N2/c1-2-14(9-8-10-14)13-16-12-7-5-3-4-6-11-15/h16H,2-13,15H2,1H3. The molecule has 0 radical (unpaired) electrons. The summed E-state index contributed by atoms with van der Waals surface area (Å²) in [5, 5.41) is 3.65. The predicted molar refractivity (Wildman–Crippen MR) is 71.6 cm³/mol. The zero-order chi connectivity index (χ0) is 11.7. The van der Waals surface area contributed by atoms with E-state index in [0.717, 1.165) is 6.54 Å². The zero-order valence-corrected chi connectivity index (χ0v) is 11.1. The molecule has 2 nitrogen and oxygen atoms in total. The SMILES string of the molecule is CCC1(CNCCCCCCCN)CCC1. The molecule has 16 heavy (non-hydrogen) atoms. The molecule has 1 aliphatic carbocycles. The van der Waals surface area contributed by atoms with E-state index in [-0.39, 0.29) is 0 Å².